The summed E-state index contributed by atoms with van der Waals surface area (Å²) in [7, 11) is 1.98. The molecule has 9 nitrogen and oxygen atoms in total. The number of rotatable bonds is 5. The molecule has 1 amide bonds. The number of hydrogen-bond donors (Lipinski definition) is 2. The van der Waals surface area contributed by atoms with E-state index in [9.17, 15) is 27.9 Å². The van der Waals surface area contributed by atoms with Crippen LogP contribution in [0.25, 0.3) is 5.65 Å². The van der Waals surface area contributed by atoms with Crippen molar-refractivity contribution in [3.63, 3.8) is 0 Å². The first-order valence-electron chi connectivity index (χ1n) is 13.1. The van der Waals surface area contributed by atoms with E-state index in [1.165, 1.54) is 22.6 Å². The largest absolute Gasteiger partial charge is 0.478 e. The number of nitrogens with zero attached hydrogens (tertiary/aromatic N) is 5. The summed E-state index contributed by atoms with van der Waals surface area (Å²) >= 11 is 0. The molecule has 1 aliphatic rings. The Hall–Kier alpha value is -4.73. The molecule has 0 saturated carbocycles. The number of aromatic nitrogens is 3. The molecule has 0 bridgehead atoms. The van der Waals surface area contributed by atoms with Gasteiger partial charge in [0.1, 0.15) is 5.56 Å². The lowest BCUT2D eigenvalue weighted by atomic mass is 10.0. The van der Waals surface area contributed by atoms with Gasteiger partial charge in [-0.15, -0.1) is 10.2 Å². The summed E-state index contributed by atoms with van der Waals surface area (Å²) in [4.78, 5) is 28.6. The third-order valence-electron chi connectivity index (χ3n) is 7.14. The summed E-state index contributed by atoms with van der Waals surface area (Å²) in [5.41, 5.74) is 1.01. The molecule has 12 heteroatoms. The zero-order chi connectivity index (χ0) is 30.0. The maximum absolute atomic E-state index is 14.0. The van der Waals surface area contributed by atoms with Crippen LogP contribution in [-0.4, -0.2) is 74.6 Å². The van der Waals surface area contributed by atoms with E-state index in [1.807, 2.05) is 18.9 Å². The van der Waals surface area contributed by atoms with Crippen LogP contribution in [0.3, 0.4) is 0 Å². The molecule has 2 aromatic carbocycles. The Morgan fingerprint density at radius 2 is 1.79 bits per heavy atom. The van der Waals surface area contributed by atoms with Gasteiger partial charge in [-0.2, -0.15) is 13.2 Å². The van der Waals surface area contributed by atoms with Gasteiger partial charge < -0.3 is 15.3 Å². The maximum atomic E-state index is 14.0. The van der Waals surface area contributed by atoms with Crippen molar-refractivity contribution in [2.24, 2.45) is 0 Å². The van der Waals surface area contributed by atoms with Crippen LogP contribution in [0.4, 0.5) is 18.9 Å². The molecule has 1 saturated heterocycles. The molecular formula is C30H27F3N6O3. The molecular weight excluding hydrogens is 549 g/mol. The predicted molar refractivity (Wildman–Crippen MR) is 149 cm³/mol. The van der Waals surface area contributed by atoms with Crippen molar-refractivity contribution in [2.75, 3.05) is 38.5 Å². The number of carboxylic acid groups (broad SMARTS) is 1. The van der Waals surface area contributed by atoms with Crippen molar-refractivity contribution >= 4 is 23.2 Å². The van der Waals surface area contributed by atoms with Crippen LogP contribution in [0.2, 0.25) is 0 Å². The zero-order valence-corrected chi connectivity index (χ0v) is 22.9. The Labute approximate surface area is 239 Å². The molecule has 4 aromatic rings. The molecule has 2 aromatic heterocycles. The summed E-state index contributed by atoms with van der Waals surface area (Å²) in [6.45, 7) is 4.88. The van der Waals surface area contributed by atoms with Gasteiger partial charge in [-0.1, -0.05) is 18.1 Å². The highest BCUT2D eigenvalue weighted by atomic mass is 19.4. The van der Waals surface area contributed by atoms with Gasteiger partial charge in [0.15, 0.2) is 5.65 Å². The number of alkyl halides is 3. The van der Waals surface area contributed by atoms with E-state index in [1.54, 1.807) is 30.5 Å². The number of hydrogen-bond acceptors (Lipinski definition) is 6. The number of aryl methyl sites for hydroxylation is 1. The van der Waals surface area contributed by atoms with Crippen LogP contribution in [0.1, 0.15) is 48.8 Å². The predicted octanol–water partition coefficient (Wildman–Crippen LogP) is 4.15. The lowest BCUT2D eigenvalue weighted by Gasteiger charge is -2.33. The monoisotopic (exact) mass is 576 g/mol. The highest BCUT2D eigenvalue weighted by Gasteiger charge is 2.34. The van der Waals surface area contributed by atoms with E-state index in [2.05, 4.69) is 32.3 Å². The summed E-state index contributed by atoms with van der Waals surface area (Å²) in [6.07, 6.45) is -3.01. The zero-order valence-electron chi connectivity index (χ0n) is 22.9. The number of halogens is 3. The molecule has 42 heavy (non-hydrogen) atoms. The SMILES string of the molecule is Cc1ccc(NC(=O)c2ccc(CN3CCN(C)CC3)c(C(F)(F)F)c2)cc1C#Cc1nnc2c(C(=O)O)cccn12. The number of fused-ring (bicyclic) bond motifs is 1. The molecule has 0 spiro atoms. The van der Waals surface area contributed by atoms with Gasteiger partial charge in [0, 0.05) is 55.7 Å². The molecule has 0 atom stereocenters. The third kappa shape index (κ3) is 6.27. The van der Waals surface area contributed by atoms with Gasteiger partial charge in [0.25, 0.3) is 5.91 Å². The minimum absolute atomic E-state index is 0.0139. The number of carbonyl (C=O) groups excluding carboxylic acids is 1. The molecule has 3 heterocycles. The Kier molecular flexibility index (Phi) is 7.98. The van der Waals surface area contributed by atoms with E-state index in [0.717, 1.165) is 24.7 Å². The molecule has 0 unspecified atom stereocenters. The van der Waals surface area contributed by atoms with Crippen LogP contribution < -0.4 is 5.32 Å². The molecule has 1 fully saturated rings. The molecule has 5 rings (SSSR count). The Balaban J connectivity index is 1.36. The van der Waals surface area contributed by atoms with Crippen molar-refractivity contribution in [3.05, 3.63) is 93.9 Å². The fraction of sp³-hybridized carbons (Fsp3) is 0.267. The van der Waals surface area contributed by atoms with Crippen LogP contribution in [0, 0.1) is 18.8 Å². The number of carboxylic acids is 1. The fourth-order valence-electron chi connectivity index (χ4n) is 4.70. The topological polar surface area (TPSA) is 103 Å². The van der Waals surface area contributed by atoms with E-state index >= 15 is 0 Å². The van der Waals surface area contributed by atoms with Crippen molar-refractivity contribution in [3.8, 4) is 11.8 Å². The standard InChI is InChI=1S/C30H27F3N6O3/c1-19-5-9-23(16-20(19)8-10-26-35-36-27-24(29(41)42)4-3-11-39(26)27)34-28(40)21-6-7-22(25(17-21)30(31,32)33)18-38-14-12-37(2)13-15-38/h3-7,9,11,16-17H,12-15,18H2,1-2H3,(H,34,40)(H,41,42). The lowest BCUT2D eigenvalue weighted by Crippen LogP contribution is -2.44. The second-order valence-electron chi connectivity index (χ2n) is 10.1. The quantitative estimate of drug-likeness (QED) is 0.344. The second kappa shape index (κ2) is 11.6. The second-order valence-corrected chi connectivity index (χ2v) is 10.1. The summed E-state index contributed by atoms with van der Waals surface area (Å²) in [5.74, 6) is 4.23. The number of aromatic carboxylic acids is 1. The average molecular weight is 577 g/mol. The minimum atomic E-state index is -4.61. The normalized spacial score (nSPS) is 14.4. The number of carbonyl (C=O) groups is 2. The molecule has 0 radical (unpaired) electrons. The Bertz CT molecular complexity index is 1730. The van der Waals surface area contributed by atoms with Gasteiger partial charge in [-0.3, -0.25) is 14.1 Å². The van der Waals surface area contributed by atoms with Crippen molar-refractivity contribution in [2.45, 2.75) is 19.6 Å². The number of piperazine rings is 1. The van der Waals surface area contributed by atoms with Crippen molar-refractivity contribution in [1.82, 2.24) is 24.4 Å². The van der Waals surface area contributed by atoms with Crippen LogP contribution in [0.15, 0.2) is 54.7 Å². The molecule has 2 N–H and O–H groups in total. The first-order valence-corrected chi connectivity index (χ1v) is 13.1. The number of nitrogens with one attached hydrogen (secondary N) is 1. The number of likely N-dealkylation sites (N-methyl/N-ethyl adjacent to an activating group) is 1. The highest BCUT2D eigenvalue weighted by Crippen LogP contribution is 2.34. The van der Waals surface area contributed by atoms with Crippen LogP contribution >= 0.6 is 0 Å². The Morgan fingerprint density at radius 1 is 1.02 bits per heavy atom. The van der Waals surface area contributed by atoms with E-state index in [0.29, 0.717) is 24.3 Å². The highest BCUT2D eigenvalue weighted by molar-refractivity contribution is 6.04. The van der Waals surface area contributed by atoms with E-state index in [4.69, 9.17) is 0 Å². The van der Waals surface area contributed by atoms with Gasteiger partial charge in [0.05, 0.1) is 5.56 Å². The molecule has 216 valence electrons. The molecule has 0 aliphatic carbocycles. The number of pyridine rings is 1. The van der Waals surface area contributed by atoms with Gasteiger partial charge in [-0.05, 0) is 67.4 Å². The minimum Gasteiger partial charge on any atom is -0.478 e. The van der Waals surface area contributed by atoms with Crippen LogP contribution in [-0.2, 0) is 12.7 Å². The first kappa shape index (κ1) is 28.8. The summed E-state index contributed by atoms with van der Waals surface area (Å²) in [5, 5.41) is 19.9. The fourth-order valence-corrected chi connectivity index (χ4v) is 4.70. The maximum Gasteiger partial charge on any atom is 0.416 e. The smallest absolute Gasteiger partial charge is 0.416 e. The summed E-state index contributed by atoms with van der Waals surface area (Å²) < 4.78 is 43.4. The summed E-state index contributed by atoms with van der Waals surface area (Å²) in [6, 6.07) is 11.6. The third-order valence-corrected chi connectivity index (χ3v) is 7.14. The van der Waals surface area contributed by atoms with Gasteiger partial charge in [-0.25, -0.2) is 4.79 Å². The lowest BCUT2D eigenvalue weighted by molar-refractivity contribution is -0.138. The number of anilines is 1. The molecule has 1 aliphatic heterocycles. The number of amides is 1. The van der Waals surface area contributed by atoms with Gasteiger partial charge >= 0.3 is 12.1 Å². The first-order chi connectivity index (χ1) is 20.0. The van der Waals surface area contributed by atoms with Crippen molar-refractivity contribution < 1.29 is 27.9 Å². The van der Waals surface area contributed by atoms with E-state index < -0.39 is 23.6 Å². The average Bonchev–Trinajstić information content (AvgIpc) is 3.37. The Morgan fingerprint density at radius 3 is 2.50 bits per heavy atom. The van der Waals surface area contributed by atoms with Crippen LogP contribution in [0.5, 0.6) is 0 Å². The van der Waals surface area contributed by atoms with E-state index in [-0.39, 0.29) is 34.7 Å². The number of benzene rings is 2. The van der Waals surface area contributed by atoms with Crippen molar-refractivity contribution in [1.29, 1.82) is 0 Å². The van der Waals surface area contributed by atoms with Gasteiger partial charge in [0.2, 0.25) is 5.82 Å².